The molecule has 2 rings (SSSR count). The molecule has 102 valence electrons. The third kappa shape index (κ3) is 3.20. The van der Waals surface area contributed by atoms with Gasteiger partial charge in [-0.3, -0.25) is 0 Å². The van der Waals surface area contributed by atoms with E-state index in [1.54, 1.807) is 0 Å². The highest BCUT2D eigenvalue weighted by atomic mass is 15.2. The molecular formula is C16H23N3. The van der Waals surface area contributed by atoms with E-state index in [0.29, 0.717) is 23.2 Å². The molecule has 0 radical (unpaired) electrons. The third-order valence-corrected chi connectivity index (χ3v) is 3.81. The van der Waals surface area contributed by atoms with Crippen molar-refractivity contribution in [1.82, 2.24) is 0 Å². The van der Waals surface area contributed by atoms with Crippen molar-refractivity contribution in [2.45, 2.75) is 45.6 Å². The van der Waals surface area contributed by atoms with Gasteiger partial charge in [0.15, 0.2) is 0 Å². The highest BCUT2D eigenvalue weighted by Crippen LogP contribution is 2.30. The molecule has 0 bridgehead atoms. The largest absolute Gasteiger partial charge is 0.398 e. The van der Waals surface area contributed by atoms with Crippen LogP contribution in [-0.4, -0.2) is 12.6 Å². The number of rotatable bonds is 4. The van der Waals surface area contributed by atoms with Gasteiger partial charge in [0.2, 0.25) is 0 Å². The predicted molar refractivity (Wildman–Crippen MR) is 80.0 cm³/mol. The second-order valence-electron chi connectivity index (χ2n) is 5.87. The Kier molecular flexibility index (Phi) is 4.31. The number of nitriles is 1. The molecule has 19 heavy (non-hydrogen) atoms. The minimum Gasteiger partial charge on any atom is -0.398 e. The Morgan fingerprint density at radius 3 is 2.58 bits per heavy atom. The van der Waals surface area contributed by atoms with Gasteiger partial charge in [-0.1, -0.05) is 26.7 Å². The second-order valence-corrected chi connectivity index (χ2v) is 5.87. The van der Waals surface area contributed by atoms with E-state index in [0.717, 1.165) is 12.2 Å². The highest BCUT2D eigenvalue weighted by Gasteiger charge is 2.23. The zero-order chi connectivity index (χ0) is 13.8. The van der Waals surface area contributed by atoms with Gasteiger partial charge in [-0.15, -0.1) is 0 Å². The van der Waals surface area contributed by atoms with Crippen LogP contribution in [0.15, 0.2) is 18.2 Å². The number of hydrogen-bond acceptors (Lipinski definition) is 3. The van der Waals surface area contributed by atoms with Crippen LogP contribution >= 0.6 is 0 Å². The minimum absolute atomic E-state index is 0.569. The summed E-state index contributed by atoms with van der Waals surface area (Å²) < 4.78 is 0. The van der Waals surface area contributed by atoms with Crippen LogP contribution in [0.2, 0.25) is 0 Å². The summed E-state index contributed by atoms with van der Waals surface area (Å²) >= 11 is 0. The van der Waals surface area contributed by atoms with Gasteiger partial charge in [0, 0.05) is 18.3 Å². The molecule has 0 atom stereocenters. The van der Waals surface area contributed by atoms with E-state index in [-0.39, 0.29) is 0 Å². The normalized spacial score (nSPS) is 15.7. The number of nitrogens with two attached hydrogens (primary N) is 1. The molecular weight excluding hydrogens is 234 g/mol. The van der Waals surface area contributed by atoms with Crippen LogP contribution in [-0.2, 0) is 0 Å². The van der Waals surface area contributed by atoms with Crippen molar-refractivity contribution in [2.75, 3.05) is 17.2 Å². The fourth-order valence-electron chi connectivity index (χ4n) is 2.91. The molecule has 0 aliphatic heterocycles. The molecule has 1 aromatic rings. The number of anilines is 2. The van der Waals surface area contributed by atoms with E-state index in [2.05, 4.69) is 24.8 Å². The SMILES string of the molecule is CC(C)CN(c1ccc(C#N)c(N)c1)C1CCCC1. The molecule has 1 fully saturated rings. The Labute approximate surface area is 116 Å². The van der Waals surface area contributed by atoms with Crippen molar-refractivity contribution in [3.05, 3.63) is 23.8 Å². The van der Waals surface area contributed by atoms with Gasteiger partial charge in [-0.2, -0.15) is 5.26 Å². The zero-order valence-corrected chi connectivity index (χ0v) is 11.9. The standard InChI is InChI=1S/C16H23N3/c1-12(2)11-19(14-5-3-4-6-14)15-8-7-13(10-17)16(18)9-15/h7-9,12,14H,3-6,11,18H2,1-2H3. The fraction of sp³-hybridized carbons (Fsp3) is 0.562. The average molecular weight is 257 g/mol. The van der Waals surface area contributed by atoms with Gasteiger partial charge in [-0.05, 0) is 37.0 Å². The number of nitrogen functional groups attached to an aromatic ring is 1. The molecule has 2 N–H and O–H groups in total. The predicted octanol–water partition coefficient (Wildman–Crippen LogP) is 3.55. The lowest BCUT2D eigenvalue weighted by Gasteiger charge is -2.33. The summed E-state index contributed by atoms with van der Waals surface area (Å²) in [5.41, 5.74) is 8.27. The summed E-state index contributed by atoms with van der Waals surface area (Å²) in [5, 5.41) is 8.96. The summed E-state index contributed by atoms with van der Waals surface area (Å²) in [6.45, 7) is 5.54. The molecule has 1 aliphatic rings. The van der Waals surface area contributed by atoms with Crippen LogP contribution < -0.4 is 10.6 Å². The summed E-state index contributed by atoms with van der Waals surface area (Å²) in [5.74, 6) is 0.623. The fourth-order valence-corrected chi connectivity index (χ4v) is 2.91. The van der Waals surface area contributed by atoms with Crippen LogP contribution in [0.1, 0.15) is 45.1 Å². The highest BCUT2D eigenvalue weighted by molar-refractivity contribution is 5.64. The van der Waals surface area contributed by atoms with Crippen LogP contribution in [0, 0.1) is 17.2 Å². The summed E-state index contributed by atoms with van der Waals surface area (Å²) in [6.07, 6.45) is 5.19. The van der Waals surface area contributed by atoms with Gasteiger partial charge < -0.3 is 10.6 Å². The Balaban J connectivity index is 2.26. The lowest BCUT2D eigenvalue weighted by molar-refractivity contribution is 0.536. The number of nitrogens with zero attached hydrogens (tertiary/aromatic N) is 2. The van der Waals surface area contributed by atoms with Crippen molar-refractivity contribution < 1.29 is 0 Å². The Morgan fingerprint density at radius 2 is 2.05 bits per heavy atom. The van der Waals surface area contributed by atoms with Crippen molar-refractivity contribution in [2.24, 2.45) is 5.92 Å². The first-order valence-electron chi connectivity index (χ1n) is 7.18. The molecule has 3 nitrogen and oxygen atoms in total. The molecule has 1 aliphatic carbocycles. The molecule has 0 aromatic heterocycles. The molecule has 0 saturated heterocycles. The number of hydrogen-bond donors (Lipinski definition) is 1. The van der Waals surface area contributed by atoms with E-state index in [4.69, 9.17) is 11.0 Å². The quantitative estimate of drug-likeness (QED) is 0.839. The first kappa shape index (κ1) is 13.7. The third-order valence-electron chi connectivity index (χ3n) is 3.81. The second kappa shape index (κ2) is 5.97. The Morgan fingerprint density at radius 1 is 1.37 bits per heavy atom. The van der Waals surface area contributed by atoms with E-state index in [9.17, 15) is 0 Å². The molecule has 1 saturated carbocycles. The molecule has 0 heterocycles. The lowest BCUT2D eigenvalue weighted by Crippen LogP contribution is -2.36. The summed E-state index contributed by atoms with van der Waals surface area (Å²) in [4.78, 5) is 2.48. The lowest BCUT2D eigenvalue weighted by atomic mass is 10.1. The Bertz CT molecular complexity index is 467. The van der Waals surface area contributed by atoms with Crippen molar-refractivity contribution in [1.29, 1.82) is 5.26 Å². The van der Waals surface area contributed by atoms with Gasteiger partial charge in [0.05, 0.1) is 11.3 Å². The van der Waals surface area contributed by atoms with E-state index < -0.39 is 0 Å². The van der Waals surface area contributed by atoms with E-state index in [1.807, 2.05) is 18.2 Å². The maximum absolute atomic E-state index is 8.96. The average Bonchev–Trinajstić information content (AvgIpc) is 2.89. The molecule has 3 heteroatoms. The van der Waals surface area contributed by atoms with Crippen LogP contribution in [0.5, 0.6) is 0 Å². The van der Waals surface area contributed by atoms with Gasteiger partial charge in [0.1, 0.15) is 6.07 Å². The van der Waals surface area contributed by atoms with Crippen molar-refractivity contribution >= 4 is 11.4 Å². The van der Waals surface area contributed by atoms with Crippen LogP contribution in [0.4, 0.5) is 11.4 Å². The maximum Gasteiger partial charge on any atom is 0.101 e. The molecule has 0 spiro atoms. The number of benzene rings is 1. The molecule has 1 aromatic carbocycles. The summed E-state index contributed by atoms with van der Waals surface area (Å²) in [6, 6.07) is 8.60. The molecule has 0 amide bonds. The Hall–Kier alpha value is -1.69. The first-order chi connectivity index (χ1) is 9.11. The zero-order valence-electron chi connectivity index (χ0n) is 11.9. The smallest absolute Gasteiger partial charge is 0.101 e. The van der Waals surface area contributed by atoms with Gasteiger partial charge >= 0.3 is 0 Å². The van der Waals surface area contributed by atoms with Gasteiger partial charge in [0.25, 0.3) is 0 Å². The first-order valence-corrected chi connectivity index (χ1v) is 7.18. The van der Waals surface area contributed by atoms with Crippen LogP contribution in [0.3, 0.4) is 0 Å². The maximum atomic E-state index is 8.96. The van der Waals surface area contributed by atoms with Crippen LogP contribution in [0.25, 0.3) is 0 Å². The topological polar surface area (TPSA) is 53.0 Å². The monoisotopic (exact) mass is 257 g/mol. The van der Waals surface area contributed by atoms with E-state index in [1.165, 1.54) is 25.7 Å². The van der Waals surface area contributed by atoms with Gasteiger partial charge in [-0.25, -0.2) is 0 Å². The van der Waals surface area contributed by atoms with Crippen molar-refractivity contribution in [3.63, 3.8) is 0 Å². The van der Waals surface area contributed by atoms with E-state index >= 15 is 0 Å². The molecule has 0 unspecified atom stereocenters. The summed E-state index contributed by atoms with van der Waals surface area (Å²) in [7, 11) is 0. The van der Waals surface area contributed by atoms with Crippen molar-refractivity contribution in [3.8, 4) is 6.07 Å². The minimum atomic E-state index is 0.569.